The molecule has 9 nitrogen and oxygen atoms in total. The van der Waals surface area contributed by atoms with Gasteiger partial charge in [-0.25, -0.2) is 13.1 Å². The van der Waals surface area contributed by atoms with Gasteiger partial charge in [0.05, 0.1) is 29.5 Å². The molecule has 0 spiro atoms. The van der Waals surface area contributed by atoms with Crippen LogP contribution in [-0.4, -0.2) is 73.6 Å². The number of nitrogens with zero attached hydrogens (tertiary/aromatic N) is 3. The summed E-state index contributed by atoms with van der Waals surface area (Å²) in [6.07, 6.45) is 6.44. The van der Waals surface area contributed by atoms with Crippen molar-refractivity contribution < 1.29 is 22.7 Å². The predicted octanol–water partition coefficient (Wildman–Crippen LogP) is 6.84. The average Bonchev–Trinajstić information content (AvgIpc) is 3.81. The number of ether oxygens (including phenoxy) is 1. The van der Waals surface area contributed by atoms with E-state index in [0.29, 0.717) is 19.0 Å². The number of hydrogen-bond donors (Lipinski definition) is 1. The van der Waals surface area contributed by atoms with E-state index in [1.807, 2.05) is 36.4 Å². The van der Waals surface area contributed by atoms with E-state index in [1.54, 1.807) is 27.0 Å². The fourth-order valence-electron chi connectivity index (χ4n) is 9.14. The van der Waals surface area contributed by atoms with Crippen molar-refractivity contribution in [3.63, 3.8) is 0 Å². The summed E-state index contributed by atoms with van der Waals surface area (Å²) in [5, 5.41) is 0.332. The van der Waals surface area contributed by atoms with E-state index < -0.39 is 26.6 Å². The van der Waals surface area contributed by atoms with Gasteiger partial charge in [-0.15, -0.1) is 0 Å². The summed E-state index contributed by atoms with van der Waals surface area (Å²) in [5.41, 5.74) is 6.30. The van der Waals surface area contributed by atoms with Gasteiger partial charge < -0.3 is 19.1 Å². The molecule has 2 saturated carbocycles. The molecule has 8 rings (SSSR count). The maximum Gasteiger partial charge on any atom is 0.264 e. The van der Waals surface area contributed by atoms with E-state index in [0.717, 1.165) is 84.2 Å². The quantitative estimate of drug-likeness (QED) is 0.226. The van der Waals surface area contributed by atoms with Crippen molar-refractivity contribution in [3.8, 4) is 17.0 Å². The Morgan fingerprint density at radius 2 is 1.73 bits per heavy atom. The molecule has 1 N–H and O–H groups in total. The standard InChI is InChI=1S/C41H48N4O5S/c1-26(2)51(48,49)42-39(46)29-15-17-32-35(21-29)45-25-41(40(47)44-20-19-43(3)24-36(44)27-11-7-5-8-12-27)23-34(41)33-22-30(50-4)16-18-31(33)38(45)37(32)28-13-9-6-10-14-28/h5,7-8,11-12,15-18,21-22,26,28,34,36H,6,9-10,13-14,19-20,23-25H2,1-4H3,(H,42,46)/t34?,36-,41?/m0/s1. The number of piperazine rings is 1. The topological polar surface area (TPSA) is 101 Å². The highest BCUT2D eigenvalue weighted by molar-refractivity contribution is 7.90. The van der Waals surface area contributed by atoms with Crippen molar-refractivity contribution in [2.75, 3.05) is 33.8 Å². The van der Waals surface area contributed by atoms with E-state index in [9.17, 15) is 13.2 Å². The largest absolute Gasteiger partial charge is 0.497 e. The van der Waals surface area contributed by atoms with Crippen molar-refractivity contribution in [1.82, 2.24) is 19.1 Å². The van der Waals surface area contributed by atoms with Gasteiger partial charge in [0.15, 0.2) is 0 Å². The lowest BCUT2D eigenvalue weighted by molar-refractivity contribution is -0.143. The number of hydrogen-bond acceptors (Lipinski definition) is 6. The van der Waals surface area contributed by atoms with Gasteiger partial charge >= 0.3 is 0 Å². The van der Waals surface area contributed by atoms with Gasteiger partial charge in [-0.2, -0.15) is 0 Å². The van der Waals surface area contributed by atoms with Crippen molar-refractivity contribution in [2.24, 2.45) is 5.41 Å². The molecule has 0 radical (unpaired) electrons. The van der Waals surface area contributed by atoms with Gasteiger partial charge in [0.25, 0.3) is 5.91 Å². The summed E-state index contributed by atoms with van der Waals surface area (Å²) < 4.78 is 35.8. The Labute approximate surface area is 301 Å². The molecule has 1 aromatic heterocycles. The number of fused-ring (bicyclic) bond motifs is 7. The van der Waals surface area contributed by atoms with Gasteiger partial charge in [0, 0.05) is 54.1 Å². The molecule has 3 atom stereocenters. The summed E-state index contributed by atoms with van der Waals surface area (Å²) in [5.74, 6) is 0.668. The Bertz CT molecular complexity index is 2120. The lowest BCUT2D eigenvalue weighted by Gasteiger charge is -2.42. The first-order chi connectivity index (χ1) is 24.5. The number of aromatic nitrogens is 1. The van der Waals surface area contributed by atoms with Gasteiger partial charge in [-0.1, -0.05) is 55.7 Å². The summed E-state index contributed by atoms with van der Waals surface area (Å²) in [6, 6.07) is 22.2. The first-order valence-corrected chi connectivity index (χ1v) is 20.0. The number of likely N-dealkylation sites (N-methyl/N-ethyl adjacent to an activating group) is 1. The van der Waals surface area contributed by atoms with Crippen LogP contribution in [0.3, 0.4) is 0 Å². The highest BCUT2D eigenvalue weighted by Gasteiger charge is 2.64. The molecule has 268 valence electrons. The second-order valence-electron chi connectivity index (χ2n) is 15.5. The van der Waals surface area contributed by atoms with E-state index in [-0.39, 0.29) is 23.4 Å². The number of benzene rings is 3. The molecule has 1 saturated heterocycles. The second-order valence-corrected chi connectivity index (χ2v) is 17.7. The van der Waals surface area contributed by atoms with Crippen LogP contribution in [0.5, 0.6) is 5.75 Å². The van der Waals surface area contributed by atoms with Gasteiger partial charge in [0.2, 0.25) is 15.9 Å². The fraction of sp³-hybridized carbons (Fsp3) is 0.463. The summed E-state index contributed by atoms with van der Waals surface area (Å²) in [7, 11) is -0.0104. The van der Waals surface area contributed by atoms with Crippen LogP contribution in [-0.2, 0) is 21.4 Å². The zero-order valence-corrected chi connectivity index (χ0v) is 30.8. The highest BCUT2D eigenvalue weighted by atomic mass is 32.2. The number of amides is 2. The third-order valence-corrected chi connectivity index (χ3v) is 13.8. The van der Waals surface area contributed by atoms with E-state index >= 15 is 4.79 Å². The third kappa shape index (κ3) is 5.75. The molecular weight excluding hydrogens is 661 g/mol. The molecule has 3 heterocycles. The van der Waals surface area contributed by atoms with Crippen LogP contribution >= 0.6 is 0 Å². The molecule has 2 amide bonds. The Hall–Kier alpha value is -4.15. The average molecular weight is 709 g/mol. The molecule has 0 bridgehead atoms. The fourth-order valence-corrected chi connectivity index (χ4v) is 9.75. The molecular formula is C41H48N4O5S. The van der Waals surface area contributed by atoms with Crippen molar-refractivity contribution in [2.45, 2.75) is 82.0 Å². The second kappa shape index (κ2) is 12.8. The zero-order valence-electron chi connectivity index (χ0n) is 30.0. The first-order valence-electron chi connectivity index (χ1n) is 18.5. The minimum atomic E-state index is -3.82. The maximum atomic E-state index is 15.3. The number of carbonyl (C=O) groups is 2. The van der Waals surface area contributed by atoms with Crippen LogP contribution < -0.4 is 9.46 Å². The molecule has 2 aliphatic heterocycles. The minimum Gasteiger partial charge on any atom is -0.497 e. The summed E-state index contributed by atoms with van der Waals surface area (Å²) >= 11 is 0. The van der Waals surface area contributed by atoms with Crippen LogP contribution in [0.4, 0.5) is 0 Å². The monoisotopic (exact) mass is 708 g/mol. The van der Waals surface area contributed by atoms with Crippen LogP contribution in [0.2, 0.25) is 0 Å². The van der Waals surface area contributed by atoms with Crippen LogP contribution in [0, 0.1) is 5.41 Å². The lowest BCUT2D eigenvalue weighted by atomic mass is 9.81. The Balaban J connectivity index is 1.31. The SMILES string of the molecule is COc1ccc2c(c1)C1CC1(C(=O)N1CCN(C)C[C@H]1c1ccccc1)Cn1c-2c(C2CCCCC2)c2ccc(C(=O)NS(=O)(=O)C(C)C)cc21. The van der Waals surface area contributed by atoms with Crippen LogP contribution in [0.15, 0.2) is 66.7 Å². The molecule has 51 heavy (non-hydrogen) atoms. The molecule has 2 unspecified atom stereocenters. The Morgan fingerprint density at radius 3 is 2.45 bits per heavy atom. The third-order valence-electron chi connectivity index (χ3n) is 12.1. The number of sulfonamides is 1. The number of methoxy groups -OCH3 is 1. The maximum absolute atomic E-state index is 15.3. The smallest absolute Gasteiger partial charge is 0.264 e. The van der Waals surface area contributed by atoms with Crippen molar-refractivity contribution in [3.05, 3.63) is 89.0 Å². The Kier molecular flexibility index (Phi) is 8.53. The molecule has 3 fully saturated rings. The normalized spacial score (nSPS) is 23.7. The number of rotatable bonds is 7. The molecule has 2 aliphatic carbocycles. The number of nitrogens with one attached hydrogen (secondary N) is 1. The Morgan fingerprint density at radius 1 is 0.961 bits per heavy atom. The summed E-state index contributed by atoms with van der Waals surface area (Å²) in [4.78, 5) is 33.2. The van der Waals surface area contributed by atoms with E-state index in [2.05, 4.69) is 50.4 Å². The molecule has 3 aromatic carbocycles. The zero-order chi connectivity index (χ0) is 35.7. The van der Waals surface area contributed by atoms with Crippen LogP contribution in [0.1, 0.15) is 97.3 Å². The summed E-state index contributed by atoms with van der Waals surface area (Å²) in [6.45, 7) is 5.81. The molecule has 4 aromatic rings. The predicted molar refractivity (Wildman–Crippen MR) is 199 cm³/mol. The molecule has 4 aliphatic rings. The van der Waals surface area contributed by atoms with Gasteiger partial charge in [0.1, 0.15) is 5.75 Å². The minimum absolute atomic E-state index is 0.0167. The number of carbonyl (C=O) groups excluding carboxylic acids is 2. The van der Waals surface area contributed by atoms with E-state index in [4.69, 9.17) is 4.74 Å². The van der Waals surface area contributed by atoms with Gasteiger partial charge in [-0.3, -0.25) is 9.59 Å². The molecule has 10 heteroatoms. The first kappa shape index (κ1) is 34.0. The van der Waals surface area contributed by atoms with Gasteiger partial charge in [-0.05, 0) is 93.1 Å². The van der Waals surface area contributed by atoms with Crippen LogP contribution in [0.25, 0.3) is 22.2 Å². The van der Waals surface area contributed by atoms with Crippen molar-refractivity contribution in [1.29, 1.82) is 0 Å². The van der Waals surface area contributed by atoms with E-state index in [1.165, 1.54) is 12.0 Å². The lowest BCUT2D eigenvalue weighted by Crippen LogP contribution is -2.52. The highest BCUT2D eigenvalue weighted by Crippen LogP contribution is 2.66. The van der Waals surface area contributed by atoms with Crippen molar-refractivity contribution >= 4 is 32.7 Å².